The highest BCUT2D eigenvalue weighted by Crippen LogP contribution is 2.30. The number of nitrogens with one attached hydrogen (secondary N) is 1. The Bertz CT molecular complexity index is 436. The zero-order valence-electron chi connectivity index (χ0n) is 10.6. The SMILES string of the molecule is CCc1c(C)nc(CSC2CCCC2)[nH]c1=O. The molecule has 1 fully saturated rings. The topological polar surface area (TPSA) is 45.8 Å². The van der Waals surface area contributed by atoms with Crippen molar-refractivity contribution >= 4 is 11.8 Å². The fourth-order valence-electron chi connectivity index (χ4n) is 2.41. The van der Waals surface area contributed by atoms with Gasteiger partial charge in [-0.15, -0.1) is 0 Å². The second-order valence-electron chi connectivity index (χ2n) is 4.65. The van der Waals surface area contributed by atoms with Crippen LogP contribution in [0.5, 0.6) is 0 Å². The number of aryl methyl sites for hydroxylation is 1. The highest BCUT2D eigenvalue weighted by Gasteiger charge is 2.16. The largest absolute Gasteiger partial charge is 0.310 e. The van der Waals surface area contributed by atoms with Gasteiger partial charge in [0.1, 0.15) is 5.82 Å². The van der Waals surface area contributed by atoms with Gasteiger partial charge in [0.05, 0.1) is 5.75 Å². The molecule has 0 radical (unpaired) electrons. The molecule has 1 aromatic heterocycles. The summed E-state index contributed by atoms with van der Waals surface area (Å²) in [6.07, 6.45) is 6.11. The van der Waals surface area contributed by atoms with Gasteiger partial charge in [0, 0.05) is 16.5 Å². The molecule has 1 heterocycles. The Morgan fingerprint density at radius 2 is 2.12 bits per heavy atom. The first kappa shape index (κ1) is 12.7. The van der Waals surface area contributed by atoms with Crippen molar-refractivity contribution in [2.45, 2.75) is 57.0 Å². The number of nitrogens with zero attached hydrogens (tertiary/aromatic N) is 1. The van der Waals surface area contributed by atoms with Crippen molar-refractivity contribution in [2.24, 2.45) is 0 Å². The molecular formula is C13H20N2OS. The van der Waals surface area contributed by atoms with E-state index in [9.17, 15) is 4.79 Å². The number of hydrogen-bond acceptors (Lipinski definition) is 3. The standard InChI is InChI=1S/C13H20N2OS/c1-3-11-9(2)14-12(15-13(11)16)8-17-10-6-4-5-7-10/h10H,3-8H2,1-2H3,(H,14,15,16). The number of rotatable bonds is 4. The minimum atomic E-state index is 0.0435. The fraction of sp³-hybridized carbons (Fsp3) is 0.692. The molecule has 1 N–H and O–H groups in total. The summed E-state index contributed by atoms with van der Waals surface area (Å²) in [5, 5.41) is 0.770. The van der Waals surface area contributed by atoms with Crippen molar-refractivity contribution in [3.05, 3.63) is 27.4 Å². The number of aromatic nitrogens is 2. The Morgan fingerprint density at radius 3 is 2.71 bits per heavy atom. The molecule has 0 amide bonds. The summed E-state index contributed by atoms with van der Waals surface area (Å²) < 4.78 is 0. The predicted molar refractivity (Wildman–Crippen MR) is 72.5 cm³/mol. The van der Waals surface area contributed by atoms with Gasteiger partial charge >= 0.3 is 0 Å². The Labute approximate surface area is 106 Å². The van der Waals surface area contributed by atoms with E-state index in [0.717, 1.165) is 34.5 Å². The van der Waals surface area contributed by atoms with Crippen molar-refractivity contribution in [1.82, 2.24) is 9.97 Å². The summed E-state index contributed by atoms with van der Waals surface area (Å²) in [5.41, 5.74) is 1.75. The van der Waals surface area contributed by atoms with E-state index in [2.05, 4.69) is 9.97 Å². The highest BCUT2D eigenvalue weighted by molar-refractivity contribution is 7.99. The molecule has 0 atom stereocenters. The lowest BCUT2D eigenvalue weighted by Gasteiger charge is -2.09. The zero-order chi connectivity index (χ0) is 12.3. The van der Waals surface area contributed by atoms with Crippen LogP contribution in [0.3, 0.4) is 0 Å². The summed E-state index contributed by atoms with van der Waals surface area (Å²) in [7, 11) is 0. The normalized spacial score (nSPS) is 16.6. The highest BCUT2D eigenvalue weighted by atomic mass is 32.2. The molecule has 1 aromatic rings. The molecule has 0 spiro atoms. The van der Waals surface area contributed by atoms with Crippen LogP contribution in [0.2, 0.25) is 0 Å². The maximum absolute atomic E-state index is 11.8. The van der Waals surface area contributed by atoms with Crippen LogP contribution in [0.4, 0.5) is 0 Å². The van der Waals surface area contributed by atoms with Crippen LogP contribution in [-0.4, -0.2) is 15.2 Å². The van der Waals surface area contributed by atoms with Gasteiger partial charge in [-0.1, -0.05) is 19.8 Å². The van der Waals surface area contributed by atoms with Crippen molar-refractivity contribution < 1.29 is 0 Å². The van der Waals surface area contributed by atoms with Crippen molar-refractivity contribution in [2.75, 3.05) is 0 Å². The van der Waals surface area contributed by atoms with Crippen LogP contribution < -0.4 is 5.56 Å². The average molecular weight is 252 g/mol. The van der Waals surface area contributed by atoms with E-state index >= 15 is 0 Å². The predicted octanol–water partition coefficient (Wildman–Crippen LogP) is 2.82. The molecule has 0 bridgehead atoms. The third-order valence-electron chi connectivity index (χ3n) is 3.38. The molecular weight excluding hydrogens is 232 g/mol. The molecule has 1 aliphatic carbocycles. The van der Waals surface area contributed by atoms with Crippen LogP contribution in [0.1, 0.15) is 49.7 Å². The molecule has 0 aliphatic heterocycles. The second-order valence-corrected chi connectivity index (χ2v) is 5.94. The first-order valence-electron chi connectivity index (χ1n) is 6.41. The second kappa shape index (κ2) is 5.71. The number of aromatic amines is 1. The third kappa shape index (κ3) is 3.12. The lowest BCUT2D eigenvalue weighted by molar-refractivity contribution is 0.886. The van der Waals surface area contributed by atoms with E-state index in [0.29, 0.717) is 0 Å². The minimum absolute atomic E-state index is 0.0435. The van der Waals surface area contributed by atoms with E-state index in [1.165, 1.54) is 25.7 Å². The van der Waals surface area contributed by atoms with Crippen LogP contribution in [0.15, 0.2) is 4.79 Å². The van der Waals surface area contributed by atoms with Gasteiger partial charge in [-0.25, -0.2) is 4.98 Å². The van der Waals surface area contributed by atoms with Gasteiger partial charge in [-0.2, -0.15) is 11.8 Å². The van der Waals surface area contributed by atoms with E-state index in [1.807, 2.05) is 25.6 Å². The molecule has 1 aliphatic rings. The van der Waals surface area contributed by atoms with Crippen LogP contribution in [0, 0.1) is 6.92 Å². The van der Waals surface area contributed by atoms with Crippen molar-refractivity contribution in [1.29, 1.82) is 0 Å². The minimum Gasteiger partial charge on any atom is -0.310 e. The van der Waals surface area contributed by atoms with Crippen LogP contribution in [0.25, 0.3) is 0 Å². The fourth-order valence-corrected chi connectivity index (χ4v) is 3.60. The lowest BCUT2D eigenvalue weighted by Crippen LogP contribution is -2.18. The summed E-state index contributed by atoms with van der Waals surface area (Å²) in [6, 6.07) is 0. The van der Waals surface area contributed by atoms with Crippen LogP contribution in [-0.2, 0) is 12.2 Å². The summed E-state index contributed by atoms with van der Waals surface area (Å²) in [6.45, 7) is 3.92. The van der Waals surface area contributed by atoms with Gasteiger partial charge in [0.25, 0.3) is 5.56 Å². The van der Waals surface area contributed by atoms with E-state index in [-0.39, 0.29) is 5.56 Å². The average Bonchev–Trinajstić information content (AvgIpc) is 2.79. The van der Waals surface area contributed by atoms with Gasteiger partial charge < -0.3 is 4.98 Å². The summed E-state index contributed by atoms with van der Waals surface area (Å²) >= 11 is 1.94. The van der Waals surface area contributed by atoms with Gasteiger partial charge in [-0.3, -0.25) is 4.79 Å². The third-order valence-corrected chi connectivity index (χ3v) is 4.77. The Morgan fingerprint density at radius 1 is 1.41 bits per heavy atom. The monoisotopic (exact) mass is 252 g/mol. The molecule has 0 saturated heterocycles. The molecule has 3 nitrogen and oxygen atoms in total. The van der Waals surface area contributed by atoms with Crippen LogP contribution >= 0.6 is 11.8 Å². The maximum Gasteiger partial charge on any atom is 0.254 e. The van der Waals surface area contributed by atoms with Crippen molar-refractivity contribution in [3.63, 3.8) is 0 Å². The molecule has 0 aromatic carbocycles. The number of H-pyrrole nitrogens is 1. The molecule has 4 heteroatoms. The molecule has 94 valence electrons. The smallest absolute Gasteiger partial charge is 0.254 e. The Balaban J connectivity index is 2.03. The lowest BCUT2D eigenvalue weighted by atomic mass is 10.2. The number of thioether (sulfide) groups is 1. The summed E-state index contributed by atoms with van der Waals surface area (Å²) in [4.78, 5) is 19.2. The van der Waals surface area contributed by atoms with E-state index < -0.39 is 0 Å². The quantitative estimate of drug-likeness (QED) is 0.896. The number of hydrogen-bond donors (Lipinski definition) is 1. The maximum atomic E-state index is 11.8. The van der Waals surface area contributed by atoms with Crippen molar-refractivity contribution in [3.8, 4) is 0 Å². The zero-order valence-corrected chi connectivity index (χ0v) is 11.4. The van der Waals surface area contributed by atoms with E-state index in [1.54, 1.807) is 0 Å². The Kier molecular flexibility index (Phi) is 4.26. The molecule has 2 rings (SSSR count). The first-order valence-corrected chi connectivity index (χ1v) is 7.46. The first-order chi connectivity index (χ1) is 8.20. The Hall–Kier alpha value is -0.770. The summed E-state index contributed by atoms with van der Waals surface area (Å²) in [5.74, 6) is 1.67. The van der Waals surface area contributed by atoms with Gasteiger partial charge in [0.2, 0.25) is 0 Å². The molecule has 0 unspecified atom stereocenters. The van der Waals surface area contributed by atoms with E-state index in [4.69, 9.17) is 0 Å². The molecule has 1 saturated carbocycles. The molecule has 17 heavy (non-hydrogen) atoms. The van der Waals surface area contributed by atoms with Gasteiger partial charge in [-0.05, 0) is 26.2 Å². The van der Waals surface area contributed by atoms with Gasteiger partial charge in [0.15, 0.2) is 0 Å².